The number of hydrogen-bond acceptors (Lipinski definition) is 3. The van der Waals surface area contributed by atoms with Gasteiger partial charge in [0.1, 0.15) is 12.5 Å². The number of Topliss-reactive ketones (excluding diaryl/α,β-unsaturated/α-hetero) is 1. The standard InChI is InChI=1S/C15H28O4Si/c1-5-6-7-8-9-10-13(12(16)11-14(17)18)19-20-15(2,3)4/h9-10,13H,5-8,11,20H2,1-4H3,(H,17,18)/b10-9+/t13-/m0/s1. The van der Waals surface area contributed by atoms with Gasteiger partial charge in [0, 0.05) is 0 Å². The molecule has 0 aromatic rings. The second-order valence-corrected chi connectivity index (χ2v) is 9.00. The van der Waals surface area contributed by atoms with Crippen LogP contribution in [0.15, 0.2) is 12.2 Å². The summed E-state index contributed by atoms with van der Waals surface area (Å²) in [5.41, 5.74) is 0. The first-order chi connectivity index (χ1) is 9.26. The van der Waals surface area contributed by atoms with Gasteiger partial charge < -0.3 is 9.53 Å². The van der Waals surface area contributed by atoms with Gasteiger partial charge in [0.2, 0.25) is 0 Å². The van der Waals surface area contributed by atoms with E-state index in [1.165, 1.54) is 0 Å². The molecule has 0 spiro atoms. The minimum Gasteiger partial charge on any atom is -0.481 e. The van der Waals surface area contributed by atoms with Gasteiger partial charge >= 0.3 is 5.97 Å². The van der Waals surface area contributed by atoms with E-state index < -0.39 is 28.3 Å². The third kappa shape index (κ3) is 10.9. The molecule has 0 fully saturated rings. The van der Waals surface area contributed by atoms with Gasteiger partial charge in [-0.25, -0.2) is 0 Å². The van der Waals surface area contributed by atoms with Crippen molar-refractivity contribution < 1.29 is 19.1 Å². The Labute approximate surface area is 124 Å². The van der Waals surface area contributed by atoms with Crippen molar-refractivity contribution in [3.05, 3.63) is 12.2 Å². The molecule has 20 heavy (non-hydrogen) atoms. The van der Waals surface area contributed by atoms with Gasteiger partial charge in [-0.05, 0) is 17.9 Å². The van der Waals surface area contributed by atoms with E-state index in [4.69, 9.17) is 9.53 Å². The number of allylic oxidation sites excluding steroid dienone is 1. The molecule has 0 aromatic heterocycles. The monoisotopic (exact) mass is 300 g/mol. The van der Waals surface area contributed by atoms with E-state index in [2.05, 4.69) is 27.7 Å². The maximum Gasteiger partial charge on any atom is 0.310 e. The maximum atomic E-state index is 11.9. The van der Waals surface area contributed by atoms with E-state index in [-0.39, 0.29) is 10.8 Å². The smallest absolute Gasteiger partial charge is 0.310 e. The Hall–Kier alpha value is -0.943. The van der Waals surface area contributed by atoms with Crippen LogP contribution in [0.3, 0.4) is 0 Å². The Morgan fingerprint density at radius 1 is 1.30 bits per heavy atom. The molecule has 0 heterocycles. The summed E-state index contributed by atoms with van der Waals surface area (Å²) < 4.78 is 5.71. The van der Waals surface area contributed by atoms with Crippen LogP contribution in [0.1, 0.15) is 59.8 Å². The predicted molar refractivity (Wildman–Crippen MR) is 83.7 cm³/mol. The van der Waals surface area contributed by atoms with Crippen molar-refractivity contribution in [3.63, 3.8) is 0 Å². The minimum atomic E-state index is -1.10. The minimum absolute atomic E-state index is 0.0812. The van der Waals surface area contributed by atoms with E-state index in [1.54, 1.807) is 6.08 Å². The topological polar surface area (TPSA) is 63.6 Å². The molecule has 0 aromatic carbocycles. The lowest BCUT2D eigenvalue weighted by molar-refractivity contribution is -0.141. The first-order valence-electron chi connectivity index (χ1n) is 7.29. The third-order valence-corrected chi connectivity index (χ3v) is 4.02. The van der Waals surface area contributed by atoms with Crippen molar-refractivity contribution in [2.75, 3.05) is 0 Å². The number of carbonyl (C=O) groups excluding carboxylic acids is 1. The van der Waals surface area contributed by atoms with Crippen LogP contribution in [0.4, 0.5) is 0 Å². The molecule has 4 nitrogen and oxygen atoms in total. The fourth-order valence-electron chi connectivity index (χ4n) is 1.58. The summed E-state index contributed by atoms with van der Waals surface area (Å²) in [6.45, 7) is 8.36. The summed E-state index contributed by atoms with van der Waals surface area (Å²) in [6.07, 6.45) is 6.84. The summed E-state index contributed by atoms with van der Waals surface area (Å²) in [4.78, 5) is 22.5. The van der Waals surface area contributed by atoms with Crippen LogP contribution in [0.25, 0.3) is 0 Å². The molecular weight excluding hydrogens is 272 g/mol. The Morgan fingerprint density at radius 2 is 1.95 bits per heavy atom. The van der Waals surface area contributed by atoms with Crippen molar-refractivity contribution >= 4 is 21.5 Å². The Balaban J connectivity index is 4.45. The van der Waals surface area contributed by atoms with Crippen molar-refractivity contribution in [2.45, 2.75) is 70.9 Å². The molecule has 116 valence electrons. The Kier molecular flexibility index (Phi) is 9.42. The first-order valence-corrected chi connectivity index (χ1v) is 8.57. The molecular formula is C15H28O4Si. The quantitative estimate of drug-likeness (QED) is 0.292. The molecule has 0 aliphatic carbocycles. The predicted octanol–water partition coefficient (Wildman–Crippen LogP) is 2.85. The first kappa shape index (κ1) is 19.1. The molecule has 0 saturated heterocycles. The lowest BCUT2D eigenvalue weighted by atomic mass is 10.1. The number of carbonyl (C=O) groups is 2. The van der Waals surface area contributed by atoms with Gasteiger partial charge in [0.25, 0.3) is 0 Å². The van der Waals surface area contributed by atoms with Crippen molar-refractivity contribution in [1.82, 2.24) is 0 Å². The zero-order valence-electron chi connectivity index (χ0n) is 13.1. The second-order valence-electron chi connectivity index (χ2n) is 6.25. The maximum absolute atomic E-state index is 11.9. The summed E-state index contributed by atoms with van der Waals surface area (Å²) in [5.74, 6) is -1.46. The van der Waals surface area contributed by atoms with E-state index in [9.17, 15) is 9.59 Å². The fraction of sp³-hybridized carbons (Fsp3) is 0.733. The average Bonchev–Trinajstić information content (AvgIpc) is 2.30. The average molecular weight is 300 g/mol. The SMILES string of the molecule is CCCCC/C=C/[C@H](O[SiH2]C(C)(C)C)C(=O)CC(=O)O. The van der Waals surface area contributed by atoms with Gasteiger partial charge in [0.05, 0.1) is 0 Å². The lowest BCUT2D eigenvalue weighted by Gasteiger charge is -2.21. The van der Waals surface area contributed by atoms with Crippen molar-refractivity contribution in [3.8, 4) is 0 Å². The summed E-state index contributed by atoms with van der Waals surface area (Å²) in [5, 5.41) is 8.79. The molecule has 0 saturated carbocycles. The molecule has 0 radical (unpaired) electrons. The molecule has 0 amide bonds. The highest BCUT2D eigenvalue weighted by molar-refractivity contribution is 6.32. The van der Waals surface area contributed by atoms with Crippen LogP contribution in [0, 0.1) is 0 Å². The highest BCUT2D eigenvalue weighted by Gasteiger charge is 2.21. The second kappa shape index (κ2) is 9.88. The third-order valence-electron chi connectivity index (χ3n) is 2.62. The number of carboxylic acids is 1. The van der Waals surface area contributed by atoms with Gasteiger partial charge in [-0.1, -0.05) is 52.7 Å². The van der Waals surface area contributed by atoms with Gasteiger partial charge in [-0.2, -0.15) is 0 Å². The molecule has 0 aliphatic rings. The number of hydrogen-bond donors (Lipinski definition) is 1. The zero-order valence-corrected chi connectivity index (χ0v) is 14.6. The Morgan fingerprint density at radius 3 is 2.45 bits per heavy atom. The zero-order chi connectivity index (χ0) is 15.6. The number of unbranched alkanes of at least 4 members (excludes halogenated alkanes) is 3. The van der Waals surface area contributed by atoms with E-state index in [0.717, 1.165) is 25.7 Å². The molecule has 0 rings (SSSR count). The molecule has 0 aliphatic heterocycles. The summed E-state index contributed by atoms with van der Waals surface area (Å²) >= 11 is 0. The largest absolute Gasteiger partial charge is 0.481 e. The lowest BCUT2D eigenvalue weighted by Crippen LogP contribution is -2.28. The van der Waals surface area contributed by atoms with Crippen LogP contribution in [0.5, 0.6) is 0 Å². The normalized spacial score (nSPS) is 14.2. The number of aliphatic carboxylic acids is 1. The summed E-state index contributed by atoms with van der Waals surface area (Å²) in [7, 11) is -0.883. The van der Waals surface area contributed by atoms with Gasteiger partial charge in [0.15, 0.2) is 15.5 Å². The number of ketones is 1. The van der Waals surface area contributed by atoms with Crippen LogP contribution in [-0.4, -0.2) is 32.7 Å². The summed E-state index contributed by atoms with van der Waals surface area (Å²) in [6, 6.07) is 0. The fourth-order valence-corrected chi connectivity index (χ4v) is 2.55. The van der Waals surface area contributed by atoms with Gasteiger partial charge in [-0.3, -0.25) is 9.59 Å². The van der Waals surface area contributed by atoms with Crippen LogP contribution in [0.2, 0.25) is 5.04 Å². The Bertz CT molecular complexity index is 331. The van der Waals surface area contributed by atoms with Crippen LogP contribution >= 0.6 is 0 Å². The molecule has 0 unspecified atom stereocenters. The highest BCUT2D eigenvalue weighted by Crippen LogP contribution is 2.21. The van der Waals surface area contributed by atoms with E-state index in [0.29, 0.717) is 0 Å². The van der Waals surface area contributed by atoms with Gasteiger partial charge in [-0.15, -0.1) is 0 Å². The van der Waals surface area contributed by atoms with E-state index >= 15 is 0 Å². The molecule has 5 heteroatoms. The molecule has 0 bridgehead atoms. The number of carboxylic acid groups (broad SMARTS) is 1. The van der Waals surface area contributed by atoms with Crippen molar-refractivity contribution in [1.29, 1.82) is 0 Å². The highest BCUT2D eigenvalue weighted by atomic mass is 28.2. The van der Waals surface area contributed by atoms with E-state index in [1.807, 2.05) is 6.08 Å². The van der Waals surface area contributed by atoms with Crippen molar-refractivity contribution in [2.24, 2.45) is 0 Å². The number of rotatable bonds is 10. The molecule has 1 N–H and O–H groups in total. The molecule has 1 atom stereocenters. The van der Waals surface area contributed by atoms with Crippen LogP contribution < -0.4 is 0 Å². The van der Waals surface area contributed by atoms with Crippen LogP contribution in [-0.2, 0) is 14.0 Å².